The number of rotatable bonds is 2. The summed E-state index contributed by atoms with van der Waals surface area (Å²) in [6.45, 7) is 3.10. The summed E-state index contributed by atoms with van der Waals surface area (Å²) in [6.07, 6.45) is 2.38. The van der Waals surface area contributed by atoms with E-state index in [1.807, 2.05) is 0 Å². The van der Waals surface area contributed by atoms with Crippen molar-refractivity contribution < 1.29 is 5.11 Å². The quantitative estimate of drug-likeness (QED) is 0.356. The van der Waals surface area contributed by atoms with Gasteiger partial charge in [-0.1, -0.05) is 0 Å². The molecule has 0 aromatic carbocycles. The van der Waals surface area contributed by atoms with Crippen molar-refractivity contribution >= 4 is 6.21 Å². The summed E-state index contributed by atoms with van der Waals surface area (Å²) in [5.74, 6) is -0.292. The molecule has 0 saturated carbocycles. The SMILES string of the molecule is C=C(O)/N=C\C(N)=C/N. The highest BCUT2D eigenvalue weighted by atomic mass is 16.3. The molecule has 0 aromatic heterocycles. The summed E-state index contributed by atoms with van der Waals surface area (Å²) >= 11 is 0. The topological polar surface area (TPSA) is 84.6 Å². The highest BCUT2D eigenvalue weighted by Crippen LogP contribution is 1.82. The molecule has 0 aromatic rings. The lowest BCUT2D eigenvalue weighted by Gasteiger charge is -1.86. The molecule has 5 N–H and O–H groups in total. The average molecular weight is 127 g/mol. The lowest BCUT2D eigenvalue weighted by Crippen LogP contribution is -2.01. The lowest BCUT2D eigenvalue weighted by atomic mass is 10.5. The normalized spacial score (nSPS) is 12.2. The fourth-order valence-corrected chi connectivity index (χ4v) is 0.192. The fourth-order valence-electron chi connectivity index (χ4n) is 0.192. The average Bonchev–Trinajstić information content (AvgIpc) is 1.83. The van der Waals surface area contributed by atoms with Crippen LogP contribution in [0.25, 0.3) is 0 Å². The first-order chi connectivity index (χ1) is 4.16. The fraction of sp³-hybridized carbons (Fsp3) is 0. The van der Waals surface area contributed by atoms with E-state index in [2.05, 4.69) is 11.6 Å². The summed E-state index contributed by atoms with van der Waals surface area (Å²) in [5, 5.41) is 8.38. The molecular formula is C5H9N3O. The van der Waals surface area contributed by atoms with Crippen molar-refractivity contribution in [3.05, 3.63) is 24.4 Å². The molecule has 50 valence electrons. The molecule has 4 heteroatoms. The maximum Gasteiger partial charge on any atom is 0.203 e. The molecule has 0 aliphatic rings. The van der Waals surface area contributed by atoms with Crippen LogP contribution in [0.3, 0.4) is 0 Å². The van der Waals surface area contributed by atoms with Gasteiger partial charge in [0.2, 0.25) is 5.88 Å². The van der Waals surface area contributed by atoms with Gasteiger partial charge in [-0.25, -0.2) is 4.99 Å². The van der Waals surface area contributed by atoms with Gasteiger partial charge in [-0.2, -0.15) is 0 Å². The van der Waals surface area contributed by atoms with E-state index in [4.69, 9.17) is 16.6 Å². The van der Waals surface area contributed by atoms with Crippen LogP contribution < -0.4 is 11.5 Å². The van der Waals surface area contributed by atoms with E-state index in [0.717, 1.165) is 0 Å². The minimum Gasteiger partial charge on any atom is -0.494 e. The molecule has 0 bridgehead atoms. The number of aliphatic imine (C=N–C) groups is 1. The van der Waals surface area contributed by atoms with Crippen LogP contribution in [0.2, 0.25) is 0 Å². The Morgan fingerprint density at radius 2 is 2.22 bits per heavy atom. The molecule has 0 spiro atoms. The maximum absolute atomic E-state index is 8.38. The van der Waals surface area contributed by atoms with Gasteiger partial charge in [-0.05, 0) is 6.58 Å². The summed E-state index contributed by atoms with van der Waals surface area (Å²) in [7, 11) is 0. The van der Waals surface area contributed by atoms with Gasteiger partial charge in [0.05, 0.1) is 11.9 Å². The zero-order chi connectivity index (χ0) is 7.28. The predicted molar refractivity (Wildman–Crippen MR) is 36.7 cm³/mol. The van der Waals surface area contributed by atoms with Crippen LogP contribution in [0, 0.1) is 0 Å². The van der Waals surface area contributed by atoms with Crippen molar-refractivity contribution in [3.63, 3.8) is 0 Å². The number of aliphatic hydroxyl groups excluding tert-OH is 1. The summed E-state index contributed by atoms with van der Waals surface area (Å²) < 4.78 is 0. The number of hydrogen-bond donors (Lipinski definition) is 3. The molecule has 0 unspecified atom stereocenters. The van der Waals surface area contributed by atoms with Gasteiger partial charge in [0, 0.05) is 6.20 Å². The van der Waals surface area contributed by atoms with Crippen LogP contribution in [-0.2, 0) is 0 Å². The molecule has 0 heterocycles. The zero-order valence-electron chi connectivity index (χ0n) is 4.91. The number of aliphatic hydroxyl groups is 1. The van der Waals surface area contributed by atoms with Gasteiger partial charge >= 0.3 is 0 Å². The molecule has 0 atom stereocenters. The highest BCUT2D eigenvalue weighted by Gasteiger charge is 1.79. The van der Waals surface area contributed by atoms with E-state index in [1.165, 1.54) is 12.4 Å². The molecule has 4 nitrogen and oxygen atoms in total. The Morgan fingerprint density at radius 3 is 2.56 bits per heavy atom. The Hall–Kier alpha value is -1.45. The largest absolute Gasteiger partial charge is 0.494 e. The summed E-state index contributed by atoms with van der Waals surface area (Å²) in [4.78, 5) is 3.36. The van der Waals surface area contributed by atoms with E-state index in [-0.39, 0.29) is 11.6 Å². The van der Waals surface area contributed by atoms with Crippen molar-refractivity contribution in [2.24, 2.45) is 16.5 Å². The molecule has 0 aliphatic heterocycles. The predicted octanol–water partition coefficient (Wildman–Crippen LogP) is -0.155. The molecule has 0 radical (unpaired) electrons. The van der Waals surface area contributed by atoms with Crippen LogP contribution in [0.1, 0.15) is 0 Å². The second-order valence-electron chi connectivity index (χ2n) is 1.34. The lowest BCUT2D eigenvalue weighted by molar-refractivity contribution is 0.410. The van der Waals surface area contributed by atoms with Crippen LogP contribution in [-0.4, -0.2) is 11.3 Å². The Labute approximate surface area is 53.2 Å². The van der Waals surface area contributed by atoms with Crippen LogP contribution in [0.4, 0.5) is 0 Å². The number of nitrogens with two attached hydrogens (primary N) is 2. The van der Waals surface area contributed by atoms with E-state index in [9.17, 15) is 0 Å². The van der Waals surface area contributed by atoms with Crippen molar-refractivity contribution in [2.45, 2.75) is 0 Å². The molecular weight excluding hydrogens is 118 g/mol. The standard InChI is InChI=1S/C5H9N3O/c1-4(9)8-3-5(7)2-6/h2-3,9H,1,6-7H2/b5-2+,8-3-. The van der Waals surface area contributed by atoms with Gasteiger partial charge < -0.3 is 16.6 Å². The minimum absolute atomic E-state index is 0.283. The van der Waals surface area contributed by atoms with Crippen molar-refractivity contribution in [3.8, 4) is 0 Å². The molecule has 0 rings (SSSR count). The van der Waals surface area contributed by atoms with E-state index in [1.54, 1.807) is 0 Å². The third-order valence-electron chi connectivity index (χ3n) is 0.555. The Kier molecular flexibility index (Phi) is 2.97. The van der Waals surface area contributed by atoms with Gasteiger partial charge in [0.1, 0.15) is 0 Å². The van der Waals surface area contributed by atoms with Gasteiger partial charge in [-0.3, -0.25) is 0 Å². The van der Waals surface area contributed by atoms with Crippen LogP contribution in [0.15, 0.2) is 29.4 Å². The second kappa shape index (κ2) is 3.54. The third kappa shape index (κ3) is 4.40. The Morgan fingerprint density at radius 1 is 1.67 bits per heavy atom. The first-order valence-electron chi connectivity index (χ1n) is 2.26. The third-order valence-corrected chi connectivity index (χ3v) is 0.555. The number of allylic oxidation sites excluding steroid dienone is 1. The summed E-state index contributed by atoms with van der Waals surface area (Å²) in [5.41, 5.74) is 10.4. The highest BCUT2D eigenvalue weighted by molar-refractivity contribution is 5.77. The van der Waals surface area contributed by atoms with E-state index < -0.39 is 0 Å². The van der Waals surface area contributed by atoms with Gasteiger partial charge in [0.25, 0.3) is 0 Å². The molecule has 0 amide bonds. The van der Waals surface area contributed by atoms with Crippen LogP contribution in [0.5, 0.6) is 0 Å². The molecule has 0 fully saturated rings. The monoisotopic (exact) mass is 127 g/mol. The second-order valence-corrected chi connectivity index (χ2v) is 1.34. The molecule has 0 aliphatic carbocycles. The smallest absolute Gasteiger partial charge is 0.203 e. The van der Waals surface area contributed by atoms with Crippen molar-refractivity contribution in [1.82, 2.24) is 0 Å². The Balaban J connectivity index is 3.86. The van der Waals surface area contributed by atoms with Gasteiger partial charge in [-0.15, -0.1) is 0 Å². The zero-order valence-corrected chi connectivity index (χ0v) is 4.91. The van der Waals surface area contributed by atoms with Crippen molar-refractivity contribution in [2.75, 3.05) is 0 Å². The number of hydrogen-bond acceptors (Lipinski definition) is 4. The van der Waals surface area contributed by atoms with E-state index in [0.29, 0.717) is 0 Å². The first kappa shape index (κ1) is 7.55. The Bertz CT molecular complexity index is 160. The van der Waals surface area contributed by atoms with E-state index >= 15 is 0 Å². The summed E-state index contributed by atoms with van der Waals surface area (Å²) in [6, 6.07) is 0. The van der Waals surface area contributed by atoms with Crippen LogP contribution >= 0.6 is 0 Å². The molecule has 0 saturated heterocycles. The molecule has 9 heavy (non-hydrogen) atoms. The maximum atomic E-state index is 8.38. The van der Waals surface area contributed by atoms with Crippen molar-refractivity contribution in [1.29, 1.82) is 0 Å². The first-order valence-corrected chi connectivity index (χ1v) is 2.26. The number of nitrogens with zero attached hydrogens (tertiary/aromatic N) is 1. The van der Waals surface area contributed by atoms with Gasteiger partial charge in [0.15, 0.2) is 0 Å². The minimum atomic E-state index is -0.292.